The van der Waals surface area contributed by atoms with Gasteiger partial charge in [0.2, 0.25) is 0 Å². The van der Waals surface area contributed by atoms with Gasteiger partial charge in [-0.15, -0.1) is 11.3 Å². The lowest BCUT2D eigenvalue weighted by Gasteiger charge is -2.21. The Hall–Kier alpha value is -0.0600. The first-order valence-electron chi connectivity index (χ1n) is 4.55. The van der Waals surface area contributed by atoms with Gasteiger partial charge in [0.15, 0.2) is 5.06 Å². The second-order valence-corrected chi connectivity index (χ2v) is 5.74. The summed E-state index contributed by atoms with van der Waals surface area (Å²) in [6.45, 7) is 5.12. The van der Waals surface area contributed by atoms with E-state index >= 15 is 0 Å². The molecule has 1 aromatic rings. The van der Waals surface area contributed by atoms with Gasteiger partial charge >= 0.3 is 0 Å². The first-order chi connectivity index (χ1) is 6.51. The molecule has 0 fully saturated rings. The molecule has 1 aromatic heterocycles. The van der Waals surface area contributed by atoms with Crippen molar-refractivity contribution in [2.45, 2.75) is 25.7 Å². The predicted molar refractivity (Wildman–Crippen MR) is 65.3 cm³/mol. The fourth-order valence-corrected chi connectivity index (χ4v) is 3.09. The highest BCUT2D eigenvalue weighted by molar-refractivity contribution is 9.10. The third kappa shape index (κ3) is 2.49. The van der Waals surface area contributed by atoms with Gasteiger partial charge in [0.1, 0.15) is 0 Å². The molecule has 0 saturated heterocycles. The number of rotatable bonds is 4. The monoisotopic (exact) mass is 277 g/mol. The minimum atomic E-state index is 0.138. The Morgan fingerprint density at radius 1 is 1.57 bits per heavy atom. The number of ether oxygens (including phenoxy) is 1. The lowest BCUT2D eigenvalue weighted by molar-refractivity contribution is 0.425. The van der Waals surface area contributed by atoms with Crippen molar-refractivity contribution in [1.82, 2.24) is 0 Å². The van der Waals surface area contributed by atoms with Crippen molar-refractivity contribution in [3.8, 4) is 5.06 Å². The maximum absolute atomic E-state index is 5.59. The van der Waals surface area contributed by atoms with Crippen LogP contribution in [0.4, 0.5) is 0 Å². The molecular weight excluding hydrogens is 262 g/mol. The molecule has 0 aliphatic carbocycles. The van der Waals surface area contributed by atoms with Crippen molar-refractivity contribution in [2.24, 2.45) is 5.73 Å². The zero-order valence-electron chi connectivity index (χ0n) is 8.76. The van der Waals surface area contributed by atoms with Crippen LogP contribution in [-0.2, 0) is 5.41 Å². The summed E-state index contributed by atoms with van der Waals surface area (Å²) in [4.78, 5) is 1.31. The van der Waals surface area contributed by atoms with Crippen LogP contribution in [0, 0.1) is 0 Å². The fourth-order valence-electron chi connectivity index (χ4n) is 1.31. The lowest BCUT2D eigenvalue weighted by atomic mass is 9.88. The minimum absolute atomic E-state index is 0.138. The molecule has 0 atom stereocenters. The Labute approximate surface area is 97.6 Å². The van der Waals surface area contributed by atoms with Crippen molar-refractivity contribution in [3.05, 3.63) is 15.4 Å². The molecular formula is C10H16BrNOS. The lowest BCUT2D eigenvalue weighted by Crippen LogP contribution is -2.20. The maximum Gasteiger partial charge on any atom is 0.188 e. The number of hydrogen-bond acceptors (Lipinski definition) is 3. The second kappa shape index (κ2) is 4.64. The van der Waals surface area contributed by atoms with E-state index in [2.05, 4.69) is 35.8 Å². The van der Waals surface area contributed by atoms with Crippen LogP contribution in [0.5, 0.6) is 5.06 Å². The Kier molecular flexibility index (Phi) is 3.98. The van der Waals surface area contributed by atoms with E-state index in [4.69, 9.17) is 10.5 Å². The van der Waals surface area contributed by atoms with Crippen LogP contribution >= 0.6 is 27.3 Å². The molecule has 0 bridgehead atoms. The van der Waals surface area contributed by atoms with E-state index < -0.39 is 0 Å². The molecule has 0 aromatic carbocycles. The van der Waals surface area contributed by atoms with Gasteiger partial charge < -0.3 is 10.5 Å². The van der Waals surface area contributed by atoms with Crippen molar-refractivity contribution >= 4 is 27.3 Å². The minimum Gasteiger partial charge on any atom is -0.486 e. The van der Waals surface area contributed by atoms with Crippen LogP contribution in [0.2, 0.25) is 0 Å². The van der Waals surface area contributed by atoms with E-state index in [1.54, 1.807) is 18.4 Å². The molecule has 2 N–H and O–H groups in total. The zero-order chi connectivity index (χ0) is 10.8. The van der Waals surface area contributed by atoms with Crippen LogP contribution in [0.1, 0.15) is 25.1 Å². The van der Waals surface area contributed by atoms with Crippen molar-refractivity contribution in [2.75, 3.05) is 13.7 Å². The summed E-state index contributed by atoms with van der Waals surface area (Å²) >= 11 is 5.16. The molecule has 0 unspecified atom stereocenters. The average molecular weight is 278 g/mol. The molecule has 0 aliphatic rings. The van der Waals surface area contributed by atoms with E-state index in [0.29, 0.717) is 6.54 Å². The zero-order valence-corrected chi connectivity index (χ0v) is 11.2. The highest BCUT2D eigenvalue weighted by Crippen LogP contribution is 2.41. The van der Waals surface area contributed by atoms with E-state index in [9.17, 15) is 0 Å². The summed E-state index contributed by atoms with van der Waals surface area (Å²) < 4.78 is 6.27. The molecule has 0 radical (unpaired) electrons. The summed E-state index contributed by atoms with van der Waals surface area (Å²) in [5.74, 6) is 0. The van der Waals surface area contributed by atoms with Gasteiger partial charge in [0, 0.05) is 10.3 Å². The van der Waals surface area contributed by atoms with Gasteiger partial charge in [0.25, 0.3) is 0 Å². The Morgan fingerprint density at radius 3 is 2.64 bits per heavy atom. The standard InChI is InChI=1S/C10H16BrNOS/c1-10(2,4-5-12)8-6-7(11)9(13-3)14-8/h6H,4-5,12H2,1-3H3. The molecule has 1 heterocycles. The molecule has 0 amide bonds. The van der Waals surface area contributed by atoms with Gasteiger partial charge in [0.05, 0.1) is 11.6 Å². The van der Waals surface area contributed by atoms with E-state index in [1.165, 1.54) is 4.88 Å². The molecule has 0 saturated carbocycles. The number of halogens is 1. The van der Waals surface area contributed by atoms with Crippen molar-refractivity contribution in [3.63, 3.8) is 0 Å². The summed E-state index contributed by atoms with van der Waals surface area (Å²) in [5.41, 5.74) is 5.73. The molecule has 80 valence electrons. The molecule has 4 heteroatoms. The summed E-state index contributed by atoms with van der Waals surface area (Å²) in [7, 11) is 1.69. The van der Waals surface area contributed by atoms with Gasteiger partial charge in [-0.2, -0.15) is 0 Å². The number of thiophene rings is 1. The normalized spacial score (nSPS) is 11.8. The van der Waals surface area contributed by atoms with E-state index in [-0.39, 0.29) is 5.41 Å². The van der Waals surface area contributed by atoms with Crippen LogP contribution in [0.25, 0.3) is 0 Å². The highest BCUT2D eigenvalue weighted by Gasteiger charge is 2.23. The van der Waals surface area contributed by atoms with Crippen molar-refractivity contribution in [1.29, 1.82) is 0 Å². The van der Waals surface area contributed by atoms with E-state index in [0.717, 1.165) is 16.0 Å². The van der Waals surface area contributed by atoms with E-state index in [1.807, 2.05) is 0 Å². The summed E-state index contributed by atoms with van der Waals surface area (Å²) in [5, 5.41) is 0.935. The number of methoxy groups -OCH3 is 1. The van der Waals surface area contributed by atoms with Crippen LogP contribution in [0.3, 0.4) is 0 Å². The molecule has 2 nitrogen and oxygen atoms in total. The smallest absolute Gasteiger partial charge is 0.188 e. The fraction of sp³-hybridized carbons (Fsp3) is 0.600. The third-order valence-corrected chi connectivity index (χ3v) is 4.59. The average Bonchev–Trinajstić information content (AvgIpc) is 2.47. The van der Waals surface area contributed by atoms with Gasteiger partial charge in [-0.1, -0.05) is 13.8 Å². The number of hydrogen-bond donors (Lipinski definition) is 1. The molecule has 0 spiro atoms. The van der Waals surface area contributed by atoms with Crippen molar-refractivity contribution < 1.29 is 4.74 Å². The number of nitrogens with two attached hydrogens (primary N) is 1. The molecule has 1 rings (SSSR count). The van der Waals surface area contributed by atoms with Gasteiger partial charge in [-0.25, -0.2) is 0 Å². The summed E-state index contributed by atoms with van der Waals surface area (Å²) in [6, 6.07) is 2.12. The predicted octanol–water partition coefficient (Wildman–Crippen LogP) is 3.15. The summed E-state index contributed by atoms with van der Waals surface area (Å²) in [6.07, 6.45) is 0.989. The van der Waals surface area contributed by atoms with Crippen LogP contribution in [0.15, 0.2) is 10.5 Å². The Bertz CT molecular complexity index is 309. The Morgan fingerprint density at radius 2 is 2.21 bits per heavy atom. The molecule has 14 heavy (non-hydrogen) atoms. The van der Waals surface area contributed by atoms with Gasteiger partial charge in [-0.3, -0.25) is 0 Å². The SMILES string of the molecule is COc1sc(C(C)(C)CCN)cc1Br. The first kappa shape index (κ1) is 12.0. The second-order valence-electron chi connectivity index (χ2n) is 3.87. The first-order valence-corrected chi connectivity index (χ1v) is 6.16. The maximum atomic E-state index is 5.59. The Balaban J connectivity index is 2.95. The van der Waals surface area contributed by atoms with Crippen LogP contribution in [-0.4, -0.2) is 13.7 Å². The quantitative estimate of drug-likeness (QED) is 0.918. The third-order valence-electron chi connectivity index (χ3n) is 2.28. The topological polar surface area (TPSA) is 35.2 Å². The largest absolute Gasteiger partial charge is 0.486 e. The van der Waals surface area contributed by atoms with Crippen LogP contribution < -0.4 is 10.5 Å². The highest BCUT2D eigenvalue weighted by atomic mass is 79.9. The van der Waals surface area contributed by atoms with Gasteiger partial charge in [-0.05, 0) is 35.0 Å². The molecule has 0 aliphatic heterocycles.